The van der Waals surface area contributed by atoms with E-state index in [4.69, 9.17) is 0 Å². The van der Waals surface area contributed by atoms with Crippen LogP contribution in [0, 0.1) is 0 Å². The molecule has 40 heavy (non-hydrogen) atoms. The quantitative estimate of drug-likeness (QED) is 0.310. The van der Waals surface area contributed by atoms with E-state index < -0.39 is 0 Å². The summed E-state index contributed by atoms with van der Waals surface area (Å²) in [7, 11) is 4.18. The molecule has 4 atom stereocenters. The molecule has 4 aromatic carbocycles. The van der Waals surface area contributed by atoms with Crippen LogP contribution in [0.3, 0.4) is 0 Å². The maximum absolute atomic E-state index is 2.42. The minimum absolute atomic E-state index is 0. The van der Waals surface area contributed by atoms with Crippen molar-refractivity contribution in [2.75, 3.05) is 36.0 Å². The number of halogens is 2. The predicted octanol–water partition coefficient (Wildman–Crippen LogP) is 2.43. The number of hydrogen-bond donors (Lipinski definition) is 0. The first-order valence-corrected chi connectivity index (χ1v) is 15.8. The molecule has 0 aliphatic heterocycles. The van der Waals surface area contributed by atoms with Crippen molar-refractivity contribution in [1.82, 2.24) is 0 Å². The third-order valence-corrected chi connectivity index (χ3v) is 10.1. The van der Waals surface area contributed by atoms with Gasteiger partial charge in [0.1, 0.15) is 11.3 Å². The Morgan fingerprint density at radius 3 is 1.15 bits per heavy atom. The van der Waals surface area contributed by atoms with Gasteiger partial charge in [-0.25, -0.2) is 0 Å². The van der Waals surface area contributed by atoms with E-state index in [0.717, 1.165) is 26.2 Å². The van der Waals surface area contributed by atoms with Crippen molar-refractivity contribution >= 4 is 29.9 Å². The second-order valence-corrected chi connectivity index (χ2v) is 11.8. The molecule has 212 valence electrons. The average molecular weight is 612 g/mol. The average Bonchev–Trinajstić information content (AvgIpc) is 3.41. The second-order valence-electron chi connectivity index (χ2n) is 10.2. The molecule has 2 aliphatic carbocycles. The van der Waals surface area contributed by atoms with Gasteiger partial charge in [0.25, 0.3) is 0 Å². The fraction of sp³-hybridized carbons (Fsp3) is 0.294. The molecule has 0 saturated carbocycles. The highest BCUT2D eigenvalue weighted by molar-refractivity contribution is 7.18. The zero-order valence-electron chi connectivity index (χ0n) is 24.1. The molecule has 2 aliphatic rings. The summed E-state index contributed by atoms with van der Waals surface area (Å²) in [5, 5.41) is 0. The van der Waals surface area contributed by atoms with Gasteiger partial charge in [0, 0.05) is 59.8 Å². The molecule has 4 unspecified atom stereocenters. The SMILES string of the molecule is CCN(CC)c1ccc2c(c1)C([PH3+])c1ccccc1-2.CCN(CC)c1ccc2c(c1)C([PH3+])c1ccccc1-2.[Cl-].[Cl-]. The summed E-state index contributed by atoms with van der Waals surface area (Å²) in [5.74, 6) is 0. The lowest BCUT2D eigenvalue weighted by Gasteiger charge is -2.22. The van der Waals surface area contributed by atoms with Crippen LogP contribution in [0.5, 0.6) is 0 Å². The monoisotopic (exact) mass is 610 g/mol. The molecule has 0 fully saturated rings. The van der Waals surface area contributed by atoms with Crippen molar-refractivity contribution in [2.45, 2.75) is 39.0 Å². The lowest BCUT2D eigenvalue weighted by atomic mass is 10.1. The van der Waals surface area contributed by atoms with Crippen LogP contribution < -0.4 is 34.6 Å². The van der Waals surface area contributed by atoms with Crippen molar-refractivity contribution in [3.8, 4) is 22.3 Å². The van der Waals surface area contributed by atoms with E-state index in [1.807, 2.05) is 0 Å². The van der Waals surface area contributed by atoms with E-state index in [1.165, 1.54) is 55.9 Å². The van der Waals surface area contributed by atoms with Crippen molar-refractivity contribution in [2.24, 2.45) is 0 Å². The lowest BCUT2D eigenvalue weighted by molar-refractivity contribution is -0.00100. The van der Waals surface area contributed by atoms with Gasteiger partial charge in [-0.1, -0.05) is 60.7 Å². The number of fused-ring (bicyclic) bond motifs is 6. The van der Waals surface area contributed by atoms with Crippen LogP contribution in [-0.4, -0.2) is 26.2 Å². The van der Waals surface area contributed by atoms with Gasteiger partial charge < -0.3 is 34.6 Å². The van der Waals surface area contributed by atoms with Gasteiger partial charge in [0.05, 0.1) is 0 Å². The molecule has 4 aromatic rings. The fourth-order valence-electron chi connectivity index (χ4n) is 6.17. The normalized spacial score (nSPS) is 15.4. The molecule has 0 spiro atoms. The van der Waals surface area contributed by atoms with Gasteiger partial charge in [-0.3, -0.25) is 0 Å². The van der Waals surface area contributed by atoms with Crippen molar-refractivity contribution < 1.29 is 24.8 Å². The van der Waals surface area contributed by atoms with Crippen LogP contribution in [-0.2, 0) is 0 Å². The van der Waals surface area contributed by atoms with E-state index >= 15 is 0 Å². The highest BCUT2D eigenvalue weighted by atomic mass is 35.5. The summed E-state index contributed by atoms with van der Waals surface area (Å²) in [6, 6.07) is 31.5. The Bertz CT molecular complexity index is 1320. The lowest BCUT2D eigenvalue weighted by Crippen LogP contribution is -3.00. The summed E-state index contributed by atoms with van der Waals surface area (Å²) in [5.41, 5.74) is 15.4. The zero-order valence-corrected chi connectivity index (χ0v) is 28.5. The number of benzene rings is 4. The van der Waals surface area contributed by atoms with Gasteiger partial charge in [-0.2, -0.15) is 0 Å². The summed E-state index contributed by atoms with van der Waals surface area (Å²) >= 11 is 0. The summed E-state index contributed by atoms with van der Waals surface area (Å²) in [6.07, 6.45) is 0. The molecular formula is C34H42Cl2N2P2. The first kappa shape index (κ1) is 32.4. The largest absolute Gasteiger partial charge is 1.00 e. The summed E-state index contributed by atoms with van der Waals surface area (Å²) in [6.45, 7) is 13.1. The van der Waals surface area contributed by atoms with Gasteiger partial charge >= 0.3 is 0 Å². The Hall–Kier alpha value is -2.08. The van der Waals surface area contributed by atoms with Gasteiger partial charge in [0.15, 0.2) is 0 Å². The molecule has 0 aromatic heterocycles. The van der Waals surface area contributed by atoms with E-state index in [2.05, 4.69) is 141 Å². The third-order valence-electron chi connectivity index (χ3n) is 8.33. The molecule has 0 amide bonds. The molecule has 0 radical (unpaired) electrons. The van der Waals surface area contributed by atoms with Crippen LogP contribution in [0.2, 0.25) is 0 Å². The van der Waals surface area contributed by atoms with E-state index in [0.29, 0.717) is 11.3 Å². The van der Waals surface area contributed by atoms with Crippen LogP contribution in [0.15, 0.2) is 84.9 Å². The predicted molar refractivity (Wildman–Crippen MR) is 177 cm³/mol. The number of rotatable bonds is 6. The molecule has 2 nitrogen and oxygen atoms in total. The van der Waals surface area contributed by atoms with Crippen molar-refractivity contribution in [3.63, 3.8) is 0 Å². The minimum Gasteiger partial charge on any atom is -1.00 e. The van der Waals surface area contributed by atoms with Crippen LogP contribution >= 0.6 is 18.5 Å². The zero-order chi connectivity index (χ0) is 26.8. The van der Waals surface area contributed by atoms with Gasteiger partial charge in [0.2, 0.25) is 0 Å². The van der Waals surface area contributed by atoms with E-state index in [9.17, 15) is 0 Å². The number of nitrogens with zero attached hydrogens (tertiary/aromatic N) is 2. The molecule has 6 heteroatoms. The van der Waals surface area contributed by atoms with E-state index in [1.54, 1.807) is 0 Å². The second kappa shape index (κ2) is 14.2. The number of hydrogen-bond acceptors (Lipinski definition) is 2. The maximum atomic E-state index is 2.42. The van der Waals surface area contributed by atoms with Crippen LogP contribution in [0.1, 0.15) is 61.3 Å². The highest BCUT2D eigenvalue weighted by Crippen LogP contribution is 2.50. The standard InChI is InChI=1S/2C17H20NP.2ClH/c2*1-3-18(4-2)12-9-10-14-13-7-5-6-8-15(13)17(19)16(14)11-12;;/h2*5-11,17H,3-4,19H2,1-2H3;2*1H. The number of anilines is 2. The van der Waals surface area contributed by atoms with Crippen molar-refractivity contribution in [3.05, 3.63) is 107 Å². The molecule has 0 bridgehead atoms. The fourth-order valence-corrected chi connectivity index (χ4v) is 7.55. The summed E-state index contributed by atoms with van der Waals surface area (Å²) in [4.78, 5) is 4.83. The molecule has 0 saturated heterocycles. The Morgan fingerprint density at radius 1 is 0.475 bits per heavy atom. The maximum Gasteiger partial charge on any atom is 0.114 e. The molecule has 0 heterocycles. The van der Waals surface area contributed by atoms with Gasteiger partial charge in [-0.15, -0.1) is 0 Å². The smallest absolute Gasteiger partial charge is 0.114 e. The highest BCUT2D eigenvalue weighted by Gasteiger charge is 2.30. The van der Waals surface area contributed by atoms with Crippen molar-refractivity contribution in [1.29, 1.82) is 0 Å². The Balaban J connectivity index is 0.000000210. The Morgan fingerprint density at radius 2 is 0.800 bits per heavy atom. The van der Waals surface area contributed by atoms with Crippen LogP contribution in [0.4, 0.5) is 11.4 Å². The molecular weight excluding hydrogens is 569 g/mol. The third kappa shape index (κ3) is 5.93. The van der Waals surface area contributed by atoms with Gasteiger partial charge in [-0.05, 0) is 92.7 Å². The first-order valence-electron chi connectivity index (χ1n) is 14.1. The topological polar surface area (TPSA) is 6.48 Å². The molecule has 0 N–H and O–H groups in total. The summed E-state index contributed by atoms with van der Waals surface area (Å²) < 4.78 is 0. The first-order chi connectivity index (χ1) is 18.5. The van der Waals surface area contributed by atoms with Crippen LogP contribution in [0.25, 0.3) is 22.3 Å². The Labute approximate surface area is 258 Å². The molecule has 6 rings (SSSR count). The minimum atomic E-state index is 0. The van der Waals surface area contributed by atoms with E-state index in [-0.39, 0.29) is 24.8 Å². The Kier molecular flexibility index (Phi) is 11.5.